The molecule has 1 saturated heterocycles. The Labute approximate surface area is 73.7 Å². The molecule has 0 aromatic carbocycles. The van der Waals surface area contributed by atoms with E-state index in [1.807, 2.05) is 11.8 Å². The van der Waals surface area contributed by atoms with Gasteiger partial charge in [0, 0.05) is 6.42 Å². The molecule has 1 fully saturated rings. The van der Waals surface area contributed by atoms with Crippen LogP contribution in [-0.4, -0.2) is 21.6 Å². The quantitative estimate of drug-likeness (QED) is 0.737. The highest BCUT2D eigenvalue weighted by Gasteiger charge is 2.18. The SMILES string of the molecule is O=c1nc(CC2CCSC2)o[nH]1. The average molecular weight is 186 g/mol. The van der Waals surface area contributed by atoms with Crippen molar-refractivity contribution in [3.8, 4) is 0 Å². The molecule has 1 unspecified atom stereocenters. The number of nitrogens with one attached hydrogen (secondary N) is 1. The van der Waals surface area contributed by atoms with Gasteiger partial charge in [0.2, 0.25) is 5.89 Å². The van der Waals surface area contributed by atoms with E-state index in [4.69, 9.17) is 4.52 Å². The lowest BCUT2D eigenvalue weighted by Crippen LogP contribution is -2.05. The summed E-state index contributed by atoms with van der Waals surface area (Å²) in [6, 6.07) is 0. The molecule has 2 rings (SSSR count). The standard InChI is InChI=1S/C7H10N2O2S/c10-7-8-6(11-9-7)3-5-1-2-12-4-5/h5H,1-4H2,(H,9,10). The fourth-order valence-corrected chi connectivity index (χ4v) is 2.62. The lowest BCUT2D eigenvalue weighted by atomic mass is 10.1. The summed E-state index contributed by atoms with van der Waals surface area (Å²) in [6.45, 7) is 0. The van der Waals surface area contributed by atoms with E-state index in [-0.39, 0.29) is 5.69 Å². The van der Waals surface area contributed by atoms with Crippen molar-refractivity contribution in [2.45, 2.75) is 12.8 Å². The van der Waals surface area contributed by atoms with E-state index in [1.165, 1.54) is 12.2 Å². The Morgan fingerprint density at radius 3 is 3.25 bits per heavy atom. The number of hydrogen-bond acceptors (Lipinski definition) is 4. The number of hydrogen-bond donors (Lipinski definition) is 1. The Bertz CT molecular complexity index is 300. The van der Waals surface area contributed by atoms with Gasteiger partial charge in [-0.15, -0.1) is 0 Å². The molecule has 1 N–H and O–H groups in total. The highest BCUT2D eigenvalue weighted by Crippen LogP contribution is 2.25. The fourth-order valence-electron chi connectivity index (χ4n) is 1.34. The molecule has 0 amide bonds. The summed E-state index contributed by atoms with van der Waals surface area (Å²) in [5.41, 5.74) is -0.379. The first-order valence-electron chi connectivity index (χ1n) is 3.97. The van der Waals surface area contributed by atoms with Crippen LogP contribution in [0.5, 0.6) is 0 Å². The van der Waals surface area contributed by atoms with Gasteiger partial charge < -0.3 is 4.52 Å². The van der Waals surface area contributed by atoms with Crippen LogP contribution in [0.3, 0.4) is 0 Å². The molecular weight excluding hydrogens is 176 g/mol. The first kappa shape index (κ1) is 7.91. The normalized spacial score (nSPS) is 23.2. The number of aromatic amines is 1. The zero-order valence-electron chi connectivity index (χ0n) is 6.58. The van der Waals surface area contributed by atoms with E-state index in [9.17, 15) is 4.79 Å². The summed E-state index contributed by atoms with van der Waals surface area (Å²) in [5, 5.41) is 2.19. The third kappa shape index (κ3) is 1.72. The second kappa shape index (κ2) is 3.35. The summed E-state index contributed by atoms with van der Waals surface area (Å²) >= 11 is 1.95. The molecule has 1 aromatic rings. The van der Waals surface area contributed by atoms with Gasteiger partial charge in [-0.25, -0.2) is 4.79 Å². The van der Waals surface area contributed by atoms with E-state index in [0.717, 1.165) is 12.2 Å². The Morgan fingerprint density at radius 2 is 2.67 bits per heavy atom. The summed E-state index contributed by atoms with van der Waals surface area (Å²) in [4.78, 5) is 14.3. The lowest BCUT2D eigenvalue weighted by molar-refractivity contribution is 0.356. The number of thioether (sulfide) groups is 1. The number of H-pyrrole nitrogens is 1. The largest absolute Gasteiger partial charge is 0.377 e. The van der Waals surface area contributed by atoms with Gasteiger partial charge in [0.05, 0.1) is 0 Å². The molecule has 1 aromatic heterocycles. The van der Waals surface area contributed by atoms with Crippen LogP contribution in [0.15, 0.2) is 9.32 Å². The predicted molar refractivity (Wildman–Crippen MR) is 46.3 cm³/mol. The number of nitrogens with zero attached hydrogens (tertiary/aromatic N) is 1. The van der Waals surface area contributed by atoms with Crippen molar-refractivity contribution in [3.05, 3.63) is 16.4 Å². The molecule has 1 aliphatic rings. The highest BCUT2D eigenvalue weighted by atomic mass is 32.2. The van der Waals surface area contributed by atoms with Gasteiger partial charge in [0.15, 0.2) is 0 Å². The van der Waals surface area contributed by atoms with E-state index in [0.29, 0.717) is 11.8 Å². The molecule has 0 spiro atoms. The monoisotopic (exact) mass is 186 g/mol. The fraction of sp³-hybridized carbons (Fsp3) is 0.714. The minimum Gasteiger partial charge on any atom is -0.362 e. The van der Waals surface area contributed by atoms with Crippen LogP contribution < -0.4 is 5.69 Å². The zero-order valence-corrected chi connectivity index (χ0v) is 7.39. The molecule has 66 valence electrons. The summed E-state index contributed by atoms with van der Waals surface area (Å²) in [7, 11) is 0. The maximum absolute atomic E-state index is 10.6. The Hall–Kier alpha value is -0.710. The Kier molecular flexibility index (Phi) is 2.21. The second-order valence-electron chi connectivity index (χ2n) is 2.95. The van der Waals surface area contributed by atoms with Gasteiger partial charge in [0.25, 0.3) is 0 Å². The summed E-state index contributed by atoms with van der Waals surface area (Å²) < 4.78 is 4.87. The number of aromatic nitrogens is 2. The van der Waals surface area contributed by atoms with Crippen molar-refractivity contribution in [3.63, 3.8) is 0 Å². The molecule has 0 bridgehead atoms. The van der Waals surface area contributed by atoms with Gasteiger partial charge in [0.1, 0.15) is 0 Å². The maximum Gasteiger partial charge on any atom is 0.377 e. The predicted octanol–water partition coefficient (Wildman–Crippen LogP) is 0.658. The zero-order chi connectivity index (χ0) is 8.39. The first-order valence-corrected chi connectivity index (χ1v) is 5.12. The van der Waals surface area contributed by atoms with Crippen molar-refractivity contribution in [1.29, 1.82) is 0 Å². The van der Waals surface area contributed by atoms with Gasteiger partial charge in [-0.3, -0.25) is 0 Å². The molecular formula is C7H10N2O2S. The molecule has 0 radical (unpaired) electrons. The molecule has 0 saturated carbocycles. The van der Waals surface area contributed by atoms with Gasteiger partial charge >= 0.3 is 5.69 Å². The molecule has 5 heteroatoms. The molecule has 0 aliphatic carbocycles. The van der Waals surface area contributed by atoms with Crippen LogP contribution in [0.4, 0.5) is 0 Å². The Morgan fingerprint density at radius 1 is 1.75 bits per heavy atom. The van der Waals surface area contributed by atoms with Gasteiger partial charge in [-0.1, -0.05) is 0 Å². The molecule has 1 aliphatic heterocycles. The van der Waals surface area contributed by atoms with E-state index < -0.39 is 0 Å². The molecule has 2 heterocycles. The van der Waals surface area contributed by atoms with Crippen LogP contribution in [-0.2, 0) is 6.42 Å². The van der Waals surface area contributed by atoms with Crippen LogP contribution >= 0.6 is 11.8 Å². The highest BCUT2D eigenvalue weighted by molar-refractivity contribution is 7.99. The van der Waals surface area contributed by atoms with Crippen LogP contribution in [0, 0.1) is 5.92 Å². The van der Waals surface area contributed by atoms with Crippen molar-refractivity contribution >= 4 is 11.8 Å². The summed E-state index contributed by atoms with van der Waals surface area (Å²) in [5.74, 6) is 3.57. The van der Waals surface area contributed by atoms with Crippen molar-refractivity contribution in [1.82, 2.24) is 10.1 Å². The first-order chi connectivity index (χ1) is 5.84. The third-order valence-corrected chi connectivity index (χ3v) is 3.20. The van der Waals surface area contributed by atoms with Crippen molar-refractivity contribution in [2.75, 3.05) is 11.5 Å². The van der Waals surface area contributed by atoms with Crippen molar-refractivity contribution in [2.24, 2.45) is 5.92 Å². The van der Waals surface area contributed by atoms with Crippen LogP contribution in [0.25, 0.3) is 0 Å². The molecule has 1 atom stereocenters. The number of rotatable bonds is 2. The average Bonchev–Trinajstić information content (AvgIpc) is 2.63. The van der Waals surface area contributed by atoms with E-state index in [2.05, 4.69) is 10.1 Å². The summed E-state index contributed by atoms with van der Waals surface area (Å²) in [6.07, 6.45) is 2.01. The molecule has 4 nitrogen and oxygen atoms in total. The molecule has 12 heavy (non-hydrogen) atoms. The minimum absolute atomic E-state index is 0.379. The van der Waals surface area contributed by atoms with E-state index >= 15 is 0 Å². The smallest absolute Gasteiger partial charge is 0.362 e. The topological polar surface area (TPSA) is 58.9 Å². The maximum atomic E-state index is 10.6. The lowest BCUT2D eigenvalue weighted by Gasteiger charge is -2.01. The Balaban J connectivity index is 1.98. The van der Waals surface area contributed by atoms with Gasteiger partial charge in [-0.2, -0.15) is 21.9 Å². The van der Waals surface area contributed by atoms with Crippen LogP contribution in [0.2, 0.25) is 0 Å². The minimum atomic E-state index is -0.379. The second-order valence-corrected chi connectivity index (χ2v) is 4.10. The third-order valence-electron chi connectivity index (χ3n) is 1.97. The van der Waals surface area contributed by atoms with Crippen LogP contribution in [0.1, 0.15) is 12.3 Å². The van der Waals surface area contributed by atoms with E-state index in [1.54, 1.807) is 0 Å². The van der Waals surface area contributed by atoms with Gasteiger partial charge in [-0.05, 0) is 23.8 Å². The van der Waals surface area contributed by atoms with Crippen molar-refractivity contribution < 1.29 is 4.52 Å².